The maximum atomic E-state index is 13.6. The number of hydrogen-bond acceptors (Lipinski definition) is 2. The van der Waals surface area contributed by atoms with E-state index < -0.39 is 23.3 Å². The molecule has 2 nitrogen and oxygen atoms in total. The Morgan fingerprint density at radius 1 is 1.00 bits per heavy atom. The highest BCUT2D eigenvalue weighted by atomic mass is 32.2. The third kappa shape index (κ3) is 2.90. The first-order valence-corrected chi connectivity index (χ1v) is 6.06. The van der Waals surface area contributed by atoms with E-state index in [9.17, 15) is 13.2 Å². The molecule has 0 saturated heterocycles. The van der Waals surface area contributed by atoms with E-state index in [1.165, 1.54) is 18.2 Å². The number of hydrogen-bond donors (Lipinski definition) is 2. The Morgan fingerprint density at radius 3 is 2.37 bits per heavy atom. The van der Waals surface area contributed by atoms with Crippen LogP contribution in [0.3, 0.4) is 0 Å². The maximum Gasteiger partial charge on any atom is 0.159 e. The molecule has 0 aliphatic carbocycles. The zero-order chi connectivity index (χ0) is 14.0. The van der Waals surface area contributed by atoms with Gasteiger partial charge in [-0.2, -0.15) is 0 Å². The van der Waals surface area contributed by atoms with E-state index in [0.29, 0.717) is 9.79 Å². The molecule has 0 saturated carbocycles. The Kier molecular flexibility index (Phi) is 3.80. The molecule has 2 aromatic rings. The van der Waals surface area contributed by atoms with Gasteiger partial charge in [0.15, 0.2) is 11.6 Å². The fraction of sp³-hybridized carbons (Fsp3) is 0. The fourth-order valence-corrected chi connectivity index (χ4v) is 2.53. The number of nitrogen functional groups attached to an aromatic ring is 1. The lowest BCUT2D eigenvalue weighted by Crippen LogP contribution is -2.14. The summed E-state index contributed by atoms with van der Waals surface area (Å²) in [6.07, 6.45) is 0. The Labute approximate surface area is 111 Å². The molecule has 0 aliphatic rings. The summed E-state index contributed by atoms with van der Waals surface area (Å²) in [6, 6.07) is 7.58. The lowest BCUT2D eigenvalue weighted by Gasteiger charge is -2.09. The quantitative estimate of drug-likeness (QED) is 0.668. The lowest BCUT2D eigenvalue weighted by atomic mass is 10.2. The Balaban J connectivity index is 2.40. The van der Waals surface area contributed by atoms with Crippen molar-refractivity contribution in [2.75, 3.05) is 0 Å². The first kappa shape index (κ1) is 13.5. The van der Waals surface area contributed by atoms with E-state index in [0.717, 1.165) is 23.9 Å². The van der Waals surface area contributed by atoms with Gasteiger partial charge < -0.3 is 5.73 Å². The highest BCUT2D eigenvalue weighted by Crippen LogP contribution is 2.32. The van der Waals surface area contributed by atoms with Crippen molar-refractivity contribution in [1.82, 2.24) is 0 Å². The summed E-state index contributed by atoms with van der Waals surface area (Å²) < 4.78 is 39.5. The van der Waals surface area contributed by atoms with Crippen molar-refractivity contribution in [3.8, 4) is 0 Å². The van der Waals surface area contributed by atoms with E-state index in [-0.39, 0.29) is 5.56 Å². The van der Waals surface area contributed by atoms with E-state index >= 15 is 0 Å². The first-order valence-electron chi connectivity index (χ1n) is 5.25. The average molecular weight is 282 g/mol. The van der Waals surface area contributed by atoms with Gasteiger partial charge in [0.25, 0.3) is 0 Å². The molecule has 0 aromatic heterocycles. The normalized spacial score (nSPS) is 10.5. The highest BCUT2D eigenvalue weighted by molar-refractivity contribution is 7.99. The van der Waals surface area contributed by atoms with Gasteiger partial charge in [-0.3, -0.25) is 5.41 Å². The summed E-state index contributed by atoms with van der Waals surface area (Å²) in [5.74, 6) is -2.97. The van der Waals surface area contributed by atoms with Crippen LogP contribution in [-0.4, -0.2) is 5.84 Å². The number of nitrogens with one attached hydrogen (secondary N) is 1. The number of benzene rings is 2. The second kappa shape index (κ2) is 5.36. The SMILES string of the molecule is N=C(N)c1c(F)cccc1Sc1ccc(F)c(F)c1. The number of rotatable bonds is 3. The van der Waals surface area contributed by atoms with Crippen molar-refractivity contribution < 1.29 is 13.2 Å². The van der Waals surface area contributed by atoms with Gasteiger partial charge in [0.1, 0.15) is 11.7 Å². The van der Waals surface area contributed by atoms with Gasteiger partial charge in [-0.25, -0.2) is 13.2 Å². The van der Waals surface area contributed by atoms with Gasteiger partial charge >= 0.3 is 0 Å². The molecular formula is C13H9F3N2S. The zero-order valence-electron chi connectivity index (χ0n) is 9.58. The minimum Gasteiger partial charge on any atom is -0.384 e. The van der Waals surface area contributed by atoms with Gasteiger partial charge in [0.2, 0.25) is 0 Å². The predicted octanol–water partition coefficient (Wildman–Crippen LogP) is 3.54. The Hall–Kier alpha value is -1.95. The Bertz CT molecular complexity index is 644. The number of amidine groups is 1. The average Bonchev–Trinajstić information content (AvgIpc) is 2.33. The molecule has 0 amide bonds. The van der Waals surface area contributed by atoms with Crippen LogP contribution in [0, 0.1) is 22.9 Å². The maximum absolute atomic E-state index is 13.6. The largest absolute Gasteiger partial charge is 0.384 e. The van der Waals surface area contributed by atoms with Crippen LogP contribution in [0.1, 0.15) is 5.56 Å². The number of nitrogens with two attached hydrogens (primary N) is 1. The first-order chi connectivity index (χ1) is 8.99. The molecule has 0 aliphatic heterocycles. The van der Waals surface area contributed by atoms with Crippen LogP contribution in [-0.2, 0) is 0 Å². The smallest absolute Gasteiger partial charge is 0.159 e. The molecule has 0 spiro atoms. The summed E-state index contributed by atoms with van der Waals surface area (Å²) in [4.78, 5) is 0.769. The van der Waals surface area contributed by atoms with Crippen LogP contribution < -0.4 is 5.73 Å². The molecule has 2 aromatic carbocycles. The van der Waals surface area contributed by atoms with Crippen LogP contribution in [0.5, 0.6) is 0 Å². The minimum absolute atomic E-state index is 0.0442. The van der Waals surface area contributed by atoms with Gasteiger partial charge in [-0.05, 0) is 30.3 Å². The van der Waals surface area contributed by atoms with Gasteiger partial charge in [0, 0.05) is 9.79 Å². The molecule has 3 N–H and O–H groups in total. The van der Waals surface area contributed by atoms with Crippen molar-refractivity contribution >= 4 is 17.6 Å². The van der Waals surface area contributed by atoms with Crippen molar-refractivity contribution in [1.29, 1.82) is 5.41 Å². The van der Waals surface area contributed by atoms with Crippen molar-refractivity contribution in [3.63, 3.8) is 0 Å². The van der Waals surface area contributed by atoms with Crippen LogP contribution in [0.25, 0.3) is 0 Å². The summed E-state index contributed by atoms with van der Waals surface area (Å²) >= 11 is 1.01. The molecule has 0 atom stereocenters. The highest BCUT2D eigenvalue weighted by Gasteiger charge is 2.13. The third-order valence-corrected chi connectivity index (χ3v) is 3.41. The molecule has 0 radical (unpaired) electrons. The zero-order valence-corrected chi connectivity index (χ0v) is 10.4. The fourth-order valence-electron chi connectivity index (χ4n) is 1.52. The monoisotopic (exact) mass is 282 g/mol. The predicted molar refractivity (Wildman–Crippen MR) is 67.9 cm³/mol. The second-order valence-corrected chi connectivity index (χ2v) is 4.82. The molecule has 0 unspecified atom stereocenters. The molecule has 98 valence electrons. The summed E-state index contributed by atoms with van der Waals surface area (Å²) in [7, 11) is 0. The summed E-state index contributed by atoms with van der Waals surface area (Å²) in [5.41, 5.74) is 5.27. The van der Waals surface area contributed by atoms with Crippen LogP contribution in [0.15, 0.2) is 46.2 Å². The standard InChI is InChI=1S/C13H9F3N2S/c14-8-5-4-7(6-10(8)16)19-11-3-1-2-9(15)12(11)13(17)18/h1-6H,(H3,17,18). The van der Waals surface area contributed by atoms with Gasteiger partial charge in [-0.1, -0.05) is 17.8 Å². The van der Waals surface area contributed by atoms with E-state index in [1.807, 2.05) is 0 Å². The van der Waals surface area contributed by atoms with Crippen molar-refractivity contribution in [2.45, 2.75) is 9.79 Å². The van der Waals surface area contributed by atoms with Crippen molar-refractivity contribution in [2.24, 2.45) is 5.73 Å². The molecule has 19 heavy (non-hydrogen) atoms. The van der Waals surface area contributed by atoms with Crippen LogP contribution in [0.2, 0.25) is 0 Å². The minimum atomic E-state index is -0.981. The summed E-state index contributed by atoms with van der Waals surface area (Å²) in [5, 5.41) is 7.35. The molecular weight excluding hydrogens is 273 g/mol. The van der Waals surface area contributed by atoms with E-state index in [2.05, 4.69) is 0 Å². The van der Waals surface area contributed by atoms with Gasteiger partial charge in [-0.15, -0.1) is 0 Å². The summed E-state index contributed by atoms with van der Waals surface area (Å²) in [6.45, 7) is 0. The van der Waals surface area contributed by atoms with Crippen LogP contribution >= 0.6 is 11.8 Å². The van der Waals surface area contributed by atoms with Crippen LogP contribution in [0.4, 0.5) is 13.2 Å². The molecule has 0 fully saturated rings. The number of halogens is 3. The van der Waals surface area contributed by atoms with Gasteiger partial charge in [0.05, 0.1) is 5.56 Å². The van der Waals surface area contributed by atoms with E-state index in [4.69, 9.17) is 11.1 Å². The third-order valence-electron chi connectivity index (χ3n) is 2.36. The molecule has 0 bridgehead atoms. The topological polar surface area (TPSA) is 49.9 Å². The lowest BCUT2D eigenvalue weighted by molar-refractivity contribution is 0.506. The second-order valence-electron chi connectivity index (χ2n) is 3.70. The Morgan fingerprint density at radius 2 is 1.74 bits per heavy atom. The molecule has 0 heterocycles. The van der Waals surface area contributed by atoms with E-state index in [1.54, 1.807) is 6.07 Å². The molecule has 6 heteroatoms. The van der Waals surface area contributed by atoms with Crippen molar-refractivity contribution in [3.05, 3.63) is 59.4 Å². The molecule has 2 rings (SSSR count).